The average Bonchev–Trinajstić information content (AvgIpc) is 3.10. The monoisotopic (exact) mass is 485 g/mol. The Kier molecular flexibility index (Phi) is 6.53. The van der Waals surface area contributed by atoms with Gasteiger partial charge in [0.15, 0.2) is 11.5 Å². The van der Waals surface area contributed by atoms with Crippen molar-refractivity contribution < 1.29 is 14.3 Å². The van der Waals surface area contributed by atoms with E-state index in [0.29, 0.717) is 31.0 Å². The molecule has 0 saturated carbocycles. The molecule has 1 aromatic carbocycles. The lowest BCUT2D eigenvalue weighted by molar-refractivity contribution is -0.120. The summed E-state index contributed by atoms with van der Waals surface area (Å²) in [4.78, 5) is 19.1. The van der Waals surface area contributed by atoms with E-state index >= 15 is 0 Å². The topological polar surface area (TPSA) is 63.7 Å². The average molecular weight is 486 g/mol. The zero-order chi connectivity index (χ0) is 24.5. The molecule has 0 radical (unpaired) electrons. The summed E-state index contributed by atoms with van der Waals surface area (Å²) in [6.07, 6.45) is 17.7. The van der Waals surface area contributed by atoms with E-state index in [1.165, 1.54) is 31.3 Å². The standard InChI is InChI=1S/C30H35N3O3/c1-20-7-10-26-27(32-20)11-12-28-30(26)36-25(19-35-28)18-33-23-8-9-24(33)17-22(16-23)15-21-5-3-2-4-6-29(34)31-14-13-21/h2-3,5,7,10-14,22-25H,4,6,8-9,15-19H2,1H3,(H,31,34)/b3-2+,14-13?,21-5?/t22?,23?,24?,25-/m0/s1. The number of benzene rings is 1. The Labute approximate surface area is 213 Å². The molecule has 2 bridgehead atoms. The molecule has 0 spiro atoms. The highest BCUT2D eigenvalue weighted by Gasteiger charge is 2.42. The van der Waals surface area contributed by atoms with Gasteiger partial charge in [-0.15, -0.1) is 0 Å². The van der Waals surface area contributed by atoms with Crippen molar-refractivity contribution in [2.45, 2.75) is 70.1 Å². The largest absolute Gasteiger partial charge is 0.486 e. The fourth-order valence-electron chi connectivity index (χ4n) is 6.40. The number of hydrogen-bond donors (Lipinski definition) is 1. The first-order chi connectivity index (χ1) is 17.6. The number of hydrogen-bond acceptors (Lipinski definition) is 5. The number of nitrogens with one attached hydrogen (secondary N) is 1. The Hall–Kier alpha value is -3.12. The van der Waals surface area contributed by atoms with Crippen molar-refractivity contribution in [2.75, 3.05) is 13.2 Å². The molecule has 2 aromatic rings. The van der Waals surface area contributed by atoms with Crippen LogP contribution in [0.15, 0.2) is 60.3 Å². The highest BCUT2D eigenvalue weighted by molar-refractivity contribution is 5.88. The summed E-state index contributed by atoms with van der Waals surface area (Å²) in [5.74, 6) is 2.42. The first-order valence-corrected chi connectivity index (χ1v) is 13.4. The number of amides is 1. The number of rotatable bonds is 4. The van der Waals surface area contributed by atoms with Gasteiger partial charge in [0.25, 0.3) is 0 Å². The van der Waals surface area contributed by atoms with Crippen LogP contribution in [0.2, 0.25) is 0 Å². The van der Waals surface area contributed by atoms with Crippen molar-refractivity contribution in [1.82, 2.24) is 15.2 Å². The number of aryl methyl sites for hydroxylation is 1. The highest BCUT2D eigenvalue weighted by atomic mass is 16.6. The fourth-order valence-corrected chi connectivity index (χ4v) is 6.40. The molecule has 1 N–H and O–H groups in total. The number of aromatic nitrogens is 1. The molecule has 1 aromatic heterocycles. The molecular formula is C30H35N3O3. The van der Waals surface area contributed by atoms with E-state index in [1.54, 1.807) is 0 Å². The van der Waals surface area contributed by atoms with Crippen LogP contribution in [-0.2, 0) is 4.79 Å². The maximum Gasteiger partial charge on any atom is 0.224 e. The van der Waals surface area contributed by atoms with Crippen molar-refractivity contribution in [3.05, 3.63) is 66.0 Å². The van der Waals surface area contributed by atoms with E-state index < -0.39 is 0 Å². The molecule has 1 amide bonds. The summed E-state index contributed by atoms with van der Waals surface area (Å²) in [6.45, 7) is 3.51. The Morgan fingerprint density at radius 3 is 2.86 bits per heavy atom. The maximum atomic E-state index is 11.8. The van der Waals surface area contributed by atoms with Crippen molar-refractivity contribution in [2.24, 2.45) is 5.92 Å². The van der Waals surface area contributed by atoms with Crippen molar-refractivity contribution >= 4 is 16.8 Å². The smallest absolute Gasteiger partial charge is 0.224 e. The van der Waals surface area contributed by atoms with Gasteiger partial charge >= 0.3 is 0 Å². The van der Waals surface area contributed by atoms with Crippen LogP contribution in [0.1, 0.15) is 50.6 Å². The summed E-state index contributed by atoms with van der Waals surface area (Å²) in [6, 6.07) is 9.35. The second kappa shape index (κ2) is 10.1. The summed E-state index contributed by atoms with van der Waals surface area (Å²) in [7, 11) is 0. The van der Waals surface area contributed by atoms with Gasteiger partial charge < -0.3 is 14.8 Å². The molecule has 5 heterocycles. The van der Waals surface area contributed by atoms with Crippen molar-refractivity contribution in [3.8, 4) is 11.5 Å². The second-order valence-electron chi connectivity index (χ2n) is 10.7. The van der Waals surface area contributed by atoms with Crippen LogP contribution in [0.3, 0.4) is 0 Å². The Balaban J connectivity index is 1.11. The number of pyridine rings is 1. The maximum absolute atomic E-state index is 11.8. The minimum absolute atomic E-state index is 0.0294. The lowest BCUT2D eigenvalue weighted by atomic mass is 9.85. The van der Waals surface area contributed by atoms with E-state index in [2.05, 4.69) is 45.6 Å². The summed E-state index contributed by atoms with van der Waals surface area (Å²) < 4.78 is 12.7. The molecule has 6 rings (SSSR count). The minimum Gasteiger partial charge on any atom is -0.486 e. The van der Waals surface area contributed by atoms with Crippen LogP contribution in [0.25, 0.3) is 10.9 Å². The molecule has 36 heavy (non-hydrogen) atoms. The zero-order valence-electron chi connectivity index (χ0n) is 21.0. The molecule has 6 heteroatoms. The van der Waals surface area contributed by atoms with E-state index in [-0.39, 0.29) is 12.0 Å². The van der Waals surface area contributed by atoms with E-state index in [9.17, 15) is 4.79 Å². The third-order valence-corrected chi connectivity index (χ3v) is 8.08. The number of fused-ring (bicyclic) bond motifs is 5. The predicted octanol–water partition coefficient (Wildman–Crippen LogP) is 5.22. The third-order valence-electron chi connectivity index (χ3n) is 8.08. The number of nitrogens with zero attached hydrogens (tertiary/aromatic N) is 2. The summed E-state index contributed by atoms with van der Waals surface area (Å²) in [5, 5.41) is 3.92. The van der Waals surface area contributed by atoms with Gasteiger partial charge in [0.2, 0.25) is 5.91 Å². The van der Waals surface area contributed by atoms with Crippen LogP contribution in [0, 0.1) is 12.8 Å². The van der Waals surface area contributed by atoms with Gasteiger partial charge in [0.05, 0.1) is 5.52 Å². The van der Waals surface area contributed by atoms with Crippen LogP contribution in [0.5, 0.6) is 11.5 Å². The molecule has 3 atom stereocenters. The number of carbonyl (C=O) groups excluding carboxylic acids is 1. The Morgan fingerprint density at radius 1 is 1.14 bits per heavy atom. The molecule has 2 unspecified atom stereocenters. The van der Waals surface area contributed by atoms with Crippen molar-refractivity contribution in [1.29, 1.82) is 0 Å². The lowest BCUT2D eigenvalue weighted by Gasteiger charge is -2.41. The zero-order valence-corrected chi connectivity index (χ0v) is 21.0. The third kappa shape index (κ3) is 4.92. The molecule has 4 aliphatic heterocycles. The van der Waals surface area contributed by atoms with Gasteiger partial charge in [0, 0.05) is 42.3 Å². The molecule has 2 fully saturated rings. The molecule has 4 aliphatic rings. The number of carbonyl (C=O) groups is 1. The fraction of sp³-hybridized carbons (Fsp3) is 0.467. The van der Waals surface area contributed by atoms with E-state index in [0.717, 1.165) is 47.5 Å². The van der Waals surface area contributed by atoms with Crippen LogP contribution >= 0.6 is 0 Å². The summed E-state index contributed by atoms with van der Waals surface area (Å²) >= 11 is 0. The molecule has 0 aliphatic carbocycles. The highest BCUT2D eigenvalue weighted by Crippen LogP contribution is 2.43. The normalized spacial score (nSPS) is 29.0. The molecule has 6 nitrogen and oxygen atoms in total. The number of allylic oxidation sites excluding steroid dienone is 5. The predicted molar refractivity (Wildman–Crippen MR) is 141 cm³/mol. The Morgan fingerprint density at radius 2 is 2.00 bits per heavy atom. The molecule has 2 saturated heterocycles. The quantitative estimate of drug-likeness (QED) is 0.643. The van der Waals surface area contributed by atoms with Gasteiger partial charge in [-0.2, -0.15) is 0 Å². The molecule has 188 valence electrons. The van der Waals surface area contributed by atoms with E-state index in [1.807, 2.05) is 31.3 Å². The number of piperidine rings is 1. The van der Waals surface area contributed by atoms with Gasteiger partial charge in [0.1, 0.15) is 12.7 Å². The van der Waals surface area contributed by atoms with Crippen LogP contribution < -0.4 is 14.8 Å². The van der Waals surface area contributed by atoms with Crippen LogP contribution in [-0.4, -0.2) is 47.1 Å². The minimum atomic E-state index is 0.0294. The lowest BCUT2D eigenvalue weighted by Crippen LogP contribution is -2.49. The van der Waals surface area contributed by atoms with Gasteiger partial charge in [-0.05, 0) is 87.3 Å². The van der Waals surface area contributed by atoms with Gasteiger partial charge in [-0.1, -0.05) is 18.2 Å². The van der Waals surface area contributed by atoms with Gasteiger partial charge in [-0.3, -0.25) is 14.7 Å². The second-order valence-corrected chi connectivity index (χ2v) is 10.7. The number of ether oxygens (including phenoxy) is 2. The first kappa shape index (κ1) is 23.3. The van der Waals surface area contributed by atoms with E-state index in [4.69, 9.17) is 9.47 Å². The Bertz CT molecular complexity index is 1220. The first-order valence-electron chi connectivity index (χ1n) is 13.4. The van der Waals surface area contributed by atoms with Crippen molar-refractivity contribution in [3.63, 3.8) is 0 Å². The van der Waals surface area contributed by atoms with Gasteiger partial charge in [-0.25, -0.2) is 0 Å². The SMILES string of the molecule is Cc1ccc2c3c(ccc2n1)OC[C@H](CN1C2CCC1CC(CC1=C/C=C/CCC(=O)NC=C1)C2)O3. The molecular weight excluding hydrogens is 450 g/mol. The summed E-state index contributed by atoms with van der Waals surface area (Å²) in [5.41, 5.74) is 3.26. The van der Waals surface area contributed by atoms with Crippen LogP contribution in [0.4, 0.5) is 0 Å².